The van der Waals surface area contributed by atoms with Crippen molar-refractivity contribution in [1.82, 2.24) is 15.1 Å². The lowest BCUT2D eigenvalue weighted by Gasteiger charge is -2.33. The van der Waals surface area contributed by atoms with Crippen LogP contribution in [0, 0.1) is 5.92 Å². The zero-order valence-electron chi connectivity index (χ0n) is 16.2. The molecule has 0 saturated carbocycles. The molecule has 29 heavy (non-hydrogen) atoms. The van der Waals surface area contributed by atoms with E-state index in [9.17, 15) is 23.4 Å². The van der Waals surface area contributed by atoms with Crippen molar-refractivity contribution in [1.29, 1.82) is 0 Å². The Balaban J connectivity index is 1.70. The van der Waals surface area contributed by atoms with Crippen LogP contribution in [0.3, 0.4) is 0 Å². The number of phenols is 1. The molecule has 2 N–H and O–H groups in total. The van der Waals surface area contributed by atoms with Crippen LogP contribution in [0.1, 0.15) is 47.8 Å². The van der Waals surface area contributed by atoms with E-state index < -0.39 is 23.6 Å². The van der Waals surface area contributed by atoms with E-state index in [0.717, 1.165) is 62.0 Å². The van der Waals surface area contributed by atoms with Gasteiger partial charge in [0.15, 0.2) is 0 Å². The van der Waals surface area contributed by atoms with E-state index >= 15 is 0 Å². The van der Waals surface area contributed by atoms with Gasteiger partial charge in [-0.2, -0.15) is 18.3 Å². The number of phenolic OH excluding ortho intramolecular Hbond substituents is 1. The molecule has 1 aromatic carbocycles. The zero-order chi connectivity index (χ0) is 20.8. The number of alkyl halides is 3. The van der Waals surface area contributed by atoms with Crippen molar-refractivity contribution in [3.63, 3.8) is 0 Å². The number of halogens is 3. The van der Waals surface area contributed by atoms with Gasteiger partial charge in [-0.1, -0.05) is 0 Å². The average molecular weight is 407 g/mol. The molecule has 2 aliphatic rings. The molecule has 0 amide bonds. The summed E-state index contributed by atoms with van der Waals surface area (Å²) in [6, 6.07) is 2.91. The van der Waals surface area contributed by atoms with Crippen molar-refractivity contribution < 1.29 is 23.4 Å². The molecule has 1 aliphatic carbocycles. The normalized spacial score (nSPS) is 21.2. The minimum Gasteiger partial charge on any atom is -0.507 e. The molecule has 0 bridgehead atoms. The third-order valence-electron chi connectivity index (χ3n) is 6.04. The van der Waals surface area contributed by atoms with E-state index in [0.29, 0.717) is 17.8 Å². The van der Waals surface area contributed by atoms with Gasteiger partial charge in [0, 0.05) is 18.0 Å². The molecule has 2 aromatic rings. The smallest absolute Gasteiger partial charge is 0.416 e. The summed E-state index contributed by atoms with van der Waals surface area (Å²) >= 11 is 0. The second kappa shape index (κ2) is 7.57. The van der Waals surface area contributed by atoms with Gasteiger partial charge in [0.05, 0.1) is 11.3 Å². The molecule has 1 fully saturated rings. The predicted molar refractivity (Wildman–Crippen MR) is 101 cm³/mol. The highest BCUT2D eigenvalue weighted by Gasteiger charge is 2.34. The van der Waals surface area contributed by atoms with Crippen LogP contribution in [0.5, 0.6) is 5.75 Å². The van der Waals surface area contributed by atoms with Crippen LogP contribution in [-0.2, 0) is 19.0 Å². The zero-order valence-corrected chi connectivity index (χ0v) is 16.2. The fourth-order valence-electron chi connectivity index (χ4n) is 4.56. The van der Waals surface area contributed by atoms with Crippen molar-refractivity contribution >= 4 is 0 Å². The second-order valence-electron chi connectivity index (χ2n) is 8.08. The number of piperidine rings is 1. The number of hydrogen-bond acceptors (Lipinski definition) is 5. The molecule has 8 heteroatoms. The maximum atomic E-state index is 12.9. The number of benzene rings is 1. The largest absolute Gasteiger partial charge is 0.507 e. The molecule has 1 saturated heterocycles. The Morgan fingerprint density at radius 3 is 2.59 bits per heavy atom. The number of hydrogen-bond donors (Lipinski definition) is 2. The van der Waals surface area contributed by atoms with Crippen LogP contribution in [0.2, 0.25) is 0 Å². The molecule has 1 aliphatic heterocycles. The van der Waals surface area contributed by atoms with Crippen molar-refractivity contribution in [3.8, 4) is 17.0 Å². The van der Waals surface area contributed by atoms with Crippen molar-refractivity contribution in [2.45, 2.75) is 44.4 Å². The number of aromatic nitrogens is 2. The summed E-state index contributed by atoms with van der Waals surface area (Å²) in [5, 5.41) is 29.7. The van der Waals surface area contributed by atoms with E-state index in [1.807, 2.05) is 7.05 Å². The molecule has 2 unspecified atom stereocenters. The minimum absolute atomic E-state index is 0.0815. The van der Waals surface area contributed by atoms with Gasteiger partial charge in [0.1, 0.15) is 17.5 Å². The summed E-state index contributed by atoms with van der Waals surface area (Å²) in [6.45, 7) is 1.80. The Morgan fingerprint density at radius 2 is 1.90 bits per heavy atom. The predicted octanol–water partition coefficient (Wildman–Crippen LogP) is 3.73. The van der Waals surface area contributed by atoms with Gasteiger partial charge >= 0.3 is 6.18 Å². The SMILES string of the molecule is CN1CCCC(C(O)c2nnc(-c3ccc(C(F)(F)F)cc3O)c3c2CCC3)C1. The monoisotopic (exact) mass is 407 g/mol. The molecule has 2 atom stereocenters. The molecular weight excluding hydrogens is 383 g/mol. The quantitative estimate of drug-likeness (QED) is 0.812. The highest BCUT2D eigenvalue weighted by atomic mass is 19.4. The maximum absolute atomic E-state index is 12.9. The fraction of sp³-hybridized carbons (Fsp3) is 0.524. The first kappa shape index (κ1) is 20.1. The minimum atomic E-state index is -4.52. The van der Waals surface area contributed by atoms with E-state index in [4.69, 9.17) is 0 Å². The highest BCUT2D eigenvalue weighted by Crippen LogP contribution is 2.41. The van der Waals surface area contributed by atoms with E-state index in [1.165, 1.54) is 6.07 Å². The number of aliphatic hydroxyl groups excluding tert-OH is 1. The summed E-state index contributed by atoms with van der Waals surface area (Å²) in [5.41, 5.74) is 2.11. The van der Waals surface area contributed by atoms with Crippen LogP contribution in [-0.4, -0.2) is 45.4 Å². The summed E-state index contributed by atoms with van der Waals surface area (Å²) in [4.78, 5) is 2.19. The lowest BCUT2D eigenvalue weighted by molar-refractivity contribution is -0.137. The lowest BCUT2D eigenvalue weighted by Crippen LogP contribution is -2.35. The van der Waals surface area contributed by atoms with Crippen molar-refractivity contribution in [2.75, 3.05) is 20.1 Å². The fourth-order valence-corrected chi connectivity index (χ4v) is 4.56. The van der Waals surface area contributed by atoms with E-state index in [1.54, 1.807) is 0 Å². The number of nitrogens with zero attached hydrogens (tertiary/aromatic N) is 3. The Hall–Kier alpha value is -2.19. The molecule has 4 rings (SSSR count). The first-order chi connectivity index (χ1) is 13.8. The van der Waals surface area contributed by atoms with Gasteiger partial charge < -0.3 is 15.1 Å². The van der Waals surface area contributed by atoms with Crippen LogP contribution < -0.4 is 0 Å². The van der Waals surface area contributed by atoms with Crippen LogP contribution in [0.25, 0.3) is 11.3 Å². The highest BCUT2D eigenvalue weighted by molar-refractivity contribution is 5.71. The molecule has 0 spiro atoms. The third-order valence-corrected chi connectivity index (χ3v) is 6.04. The Bertz CT molecular complexity index is 917. The summed E-state index contributed by atoms with van der Waals surface area (Å²) in [6.07, 6.45) is -0.993. The standard InChI is InChI=1S/C21H24F3N3O2/c1-27-9-3-4-12(11-27)20(29)19-15-6-2-5-14(15)18(25-26-19)16-8-7-13(10-17(16)28)21(22,23)24/h7-8,10,12,20,28-29H,2-6,9,11H2,1H3. The molecule has 2 heterocycles. The molecular formula is C21H24F3N3O2. The van der Waals surface area contributed by atoms with E-state index in [-0.39, 0.29) is 11.5 Å². The molecule has 0 radical (unpaired) electrons. The van der Waals surface area contributed by atoms with Gasteiger partial charge in [-0.15, -0.1) is 5.10 Å². The van der Waals surface area contributed by atoms with Crippen molar-refractivity contribution in [2.24, 2.45) is 5.92 Å². The van der Waals surface area contributed by atoms with Gasteiger partial charge in [-0.3, -0.25) is 0 Å². The van der Waals surface area contributed by atoms with Gasteiger partial charge in [0.2, 0.25) is 0 Å². The van der Waals surface area contributed by atoms with Gasteiger partial charge in [-0.25, -0.2) is 0 Å². The van der Waals surface area contributed by atoms with Crippen LogP contribution in [0.15, 0.2) is 18.2 Å². The lowest BCUT2D eigenvalue weighted by atomic mass is 9.88. The van der Waals surface area contributed by atoms with Crippen LogP contribution >= 0.6 is 0 Å². The number of rotatable bonds is 3. The first-order valence-electron chi connectivity index (χ1n) is 9.91. The first-order valence-corrected chi connectivity index (χ1v) is 9.91. The number of aromatic hydroxyl groups is 1. The molecule has 1 aromatic heterocycles. The number of aliphatic hydroxyl groups is 1. The topological polar surface area (TPSA) is 69.5 Å². The van der Waals surface area contributed by atoms with Crippen LogP contribution in [0.4, 0.5) is 13.2 Å². The van der Waals surface area contributed by atoms with E-state index in [2.05, 4.69) is 15.1 Å². The summed E-state index contributed by atoms with van der Waals surface area (Å²) in [5.74, 6) is -0.386. The summed E-state index contributed by atoms with van der Waals surface area (Å²) < 4.78 is 38.7. The molecule has 156 valence electrons. The summed E-state index contributed by atoms with van der Waals surface area (Å²) in [7, 11) is 2.03. The van der Waals surface area contributed by atoms with Gasteiger partial charge in [0.25, 0.3) is 0 Å². The second-order valence-corrected chi connectivity index (χ2v) is 8.08. The number of likely N-dealkylation sites (tertiary alicyclic amines) is 1. The van der Waals surface area contributed by atoms with Gasteiger partial charge in [-0.05, 0) is 75.0 Å². The Morgan fingerprint density at radius 1 is 1.14 bits per heavy atom. The van der Waals surface area contributed by atoms with Crippen molar-refractivity contribution in [3.05, 3.63) is 40.6 Å². The average Bonchev–Trinajstić information content (AvgIpc) is 3.16. The maximum Gasteiger partial charge on any atom is 0.416 e. The molecule has 5 nitrogen and oxygen atoms in total. The Labute approximate surface area is 167 Å². The third kappa shape index (κ3) is 3.83. The Kier molecular flexibility index (Phi) is 5.25. The number of fused-ring (bicyclic) bond motifs is 1.